The molecule has 0 unspecified atom stereocenters. The number of hydrogen-bond acceptors (Lipinski definition) is 8. The summed E-state index contributed by atoms with van der Waals surface area (Å²) in [5.74, 6) is 1.59. The van der Waals surface area contributed by atoms with E-state index in [-0.39, 0.29) is 30.1 Å². The number of fused-ring (bicyclic) bond motifs is 3. The maximum Gasteiger partial charge on any atom is 0.226 e. The van der Waals surface area contributed by atoms with Crippen molar-refractivity contribution >= 4 is 26.8 Å². The zero-order chi connectivity index (χ0) is 22.5. The lowest BCUT2D eigenvalue weighted by Gasteiger charge is -2.38. The minimum Gasteiger partial charge on any atom is -0.392 e. The van der Waals surface area contributed by atoms with E-state index in [2.05, 4.69) is 33.3 Å². The molecule has 0 aliphatic carbocycles. The van der Waals surface area contributed by atoms with Gasteiger partial charge in [-0.05, 0) is 30.5 Å². The van der Waals surface area contributed by atoms with E-state index < -0.39 is 9.84 Å². The van der Waals surface area contributed by atoms with Gasteiger partial charge in [0.15, 0.2) is 9.84 Å². The highest BCUT2D eigenvalue weighted by Crippen LogP contribution is 2.37. The van der Waals surface area contributed by atoms with Gasteiger partial charge in [-0.1, -0.05) is 13.8 Å². The number of imidazole rings is 1. The van der Waals surface area contributed by atoms with Crippen molar-refractivity contribution in [3.63, 3.8) is 0 Å². The number of rotatable bonds is 5. The molecule has 0 bridgehead atoms. The predicted molar refractivity (Wildman–Crippen MR) is 116 cm³/mol. The van der Waals surface area contributed by atoms with Crippen molar-refractivity contribution in [2.45, 2.75) is 51.5 Å². The van der Waals surface area contributed by atoms with Crippen LogP contribution in [0.25, 0.3) is 11.0 Å². The Labute approximate surface area is 181 Å². The molecular formula is C21H27N5O4S. The summed E-state index contributed by atoms with van der Waals surface area (Å²) in [6.45, 7) is 6.81. The summed E-state index contributed by atoms with van der Waals surface area (Å²) in [5.41, 5.74) is 3.18. The monoisotopic (exact) mass is 445 g/mol. The quantitative estimate of drug-likeness (QED) is 0.609. The van der Waals surface area contributed by atoms with Gasteiger partial charge in [-0.15, -0.1) is 0 Å². The third kappa shape index (κ3) is 3.68. The Kier molecular flexibility index (Phi) is 5.48. The molecule has 1 aliphatic heterocycles. The van der Waals surface area contributed by atoms with Gasteiger partial charge in [-0.2, -0.15) is 0 Å². The van der Waals surface area contributed by atoms with Crippen LogP contribution in [-0.4, -0.2) is 51.0 Å². The Hall–Kier alpha value is -2.56. The molecule has 1 aromatic carbocycles. The number of nitrogens with zero attached hydrogens (tertiary/aromatic N) is 5. The maximum atomic E-state index is 12.3. The minimum absolute atomic E-state index is 0.106. The zero-order valence-corrected chi connectivity index (χ0v) is 18.9. The van der Waals surface area contributed by atoms with Crippen molar-refractivity contribution in [3.8, 4) is 0 Å². The molecular weight excluding hydrogens is 418 g/mol. The van der Waals surface area contributed by atoms with Crippen LogP contribution in [0.4, 0.5) is 5.95 Å². The Balaban J connectivity index is 1.87. The first-order valence-electron chi connectivity index (χ1n) is 10.2. The zero-order valence-electron chi connectivity index (χ0n) is 18.1. The second-order valence-corrected chi connectivity index (χ2v) is 10.3. The molecule has 0 saturated heterocycles. The van der Waals surface area contributed by atoms with Gasteiger partial charge < -0.3 is 19.7 Å². The van der Waals surface area contributed by atoms with Crippen LogP contribution in [-0.2, 0) is 29.6 Å². The van der Waals surface area contributed by atoms with E-state index in [1.807, 2.05) is 6.92 Å². The predicted octanol–water partition coefficient (Wildman–Crippen LogP) is 1.74. The Bertz CT molecular complexity index is 1250. The fourth-order valence-corrected chi connectivity index (χ4v) is 5.21. The third-order valence-corrected chi connectivity index (χ3v) is 7.00. The number of hydrogen-bond donors (Lipinski definition) is 2. The fourth-order valence-electron chi connectivity index (χ4n) is 4.29. The van der Waals surface area contributed by atoms with Gasteiger partial charge in [0.25, 0.3) is 0 Å². The molecule has 3 aromatic rings. The van der Waals surface area contributed by atoms with Crippen molar-refractivity contribution in [3.05, 3.63) is 41.0 Å². The van der Waals surface area contributed by atoms with Gasteiger partial charge in [0.1, 0.15) is 5.82 Å². The second-order valence-electron chi connectivity index (χ2n) is 8.32. The van der Waals surface area contributed by atoms with Crippen LogP contribution in [0.5, 0.6) is 0 Å². The number of aromatic nitrogens is 4. The first kappa shape index (κ1) is 21.7. The van der Waals surface area contributed by atoms with Crippen LogP contribution >= 0.6 is 0 Å². The van der Waals surface area contributed by atoms with Crippen LogP contribution in [0, 0.1) is 12.8 Å². The van der Waals surface area contributed by atoms with Crippen LogP contribution in [0.15, 0.2) is 23.2 Å². The third-order valence-electron chi connectivity index (χ3n) is 5.82. The van der Waals surface area contributed by atoms with Crippen molar-refractivity contribution in [2.24, 2.45) is 5.92 Å². The van der Waals surface area contributed by atoms with Crippen LogP contribution in [0.2, 0.25) is 0 Å². The van der Waals surface area contributed by atoms with Gasteiger partial charge in [0.2, 0.25) is 5.95 Å². The lowest BCUT2D eigenvalue weighted by molar-refractivity contribution is 0.278. The molecule has 1 atom stereocenters. The van der Waals surface area contributed by atoms with Crippen molar-refractivity contribution < 1.29 is 18.6 Å². The van der Waals surface area contributed by atoms with E-state index in [1.54, 1.807) is 18.3 Å². The van der Waals surface area contributed by atoms with E-state index in [0.717, 1.165) is 23.3 Å². The average molecular weight is 446 g/mol. The van der Waals surface area contributed by atoms with E-state index >= 15 is 0 Å². The summed E-state index contributed by atoms with van der Waals surface area (Å²) in [5, 5.41) is 19.1. The highest BCUT2D eigenvalue weighted by atomic mass is 32.2. The van der Waals surface area contributed by atoms with Crippen LogP contribution < -0.4 is 4.90 Å². The Morgan fingerprint density at radius 1 is 1.13 bits per heavy atom. The van der Waals surface area contributed by atoms with Crippen molar-refractivity contribution in [1.82, 2.24) is 19.5 Å². The lowest BCUT2D eigenvalue weighted by atomic mass is 10.00. The Morgan fingerprint density at radius 2 is 1.84 bits per heavy atom. The van der Waals surface area contributed by atoms with Crippen molar-refractivity contribution in [2.75, 3.05) is 17.7 Å². The smallest absolute Gasteiger partial charge is 0.226 e. The van der Waals surface area contributed by atoms with E-state index in [1.165, 1.54) is 0 Å². The fraction of sp³-hybridized carbons (Fsp3) is 0.476. The molecule has 0 radical (unpaired) electrons. The van der Waals surface area contributed by atoms with E-state index in [0.29, 0.717) is 35.7 Å². The molecule has 4 rings (SSSR count). The van der Waals surface area contributed by atoms with Crippen LogP contribution in [0.1, 0.15) is 42.5 Å². The molecule has 2 aromatic heterocycles. The summed E-state index contributed by atoms with van der Waals surface area (Å²) in [6.07, 6.45) is 2.80. The summed E-state index contributed by atoms with van der Waals surface area (Å²) < 4.78 is 26.6. The molecule has 10 heteroatoms. The minimum atomic E-state index is -3.49. The highest BCUT2D eigenvalue weighted by Gasteiger charge is 2.35. The molecule has 166 valence electrons. The van der Waals surface area contributed by atoms with Gasteiger partial charge >= 0.3 is 0 Å². The van der Waals surface area contributed by atoms with Gasteiger partial charge in [-0.25, -0.2) is 23.4 Å². The summed E-state index contributed by atoms with van der Waals surface area (Å²) >= 11 is 0. The number of aryl methyl sites for hydroxylation is 1. The average Bonchev–Trinajstić information content (AvgIpc) is 3.08. The van der Waals surface area contributed by atoms with E-state index in [9.17, 15) is 18.6 Å². The first-order chi connectivity index (χ1) is 14.7. The lowest BCUT2D eigenvalue weighted by Crippen LogP contribution is -2.42. The maximum absolute atomic E-state index is 12.3. The number of aliphatic hydroxyl groups excluding tert-OH is 2. The Morgan fingerprint density at radius 3 is 2.42 bits per heavy atom. The highest BCUT2D eigenvalue weighted by molar-refractivity contribution is 7.90. The number of sulfone groups is 1. The summed E-state index contributed by atoms with van der Waals surface area (Å²) in [7, 11) is -3.49. The normalized spacial score (nSPS) is 16.9. The molecule has 1 aliphatic rings. The molecule has 31 heavy (non-hydrogen) atoms. The van der Waals surface area contributed by atoms with Crippen LogP contribution in [0.3, 0.4) is 0 Å². The van der Waals surface area contributed by atoms with E-state index in [4.69, 9.17) is 4.98 Å². The molecule has 0 spiro atoms. The topological polar surface area (TPSA) is 121 Å². The molecule has 9 nitrogen and oxygen atoms in total. The number of aliphatic hydroxyl groups is 2. The largest absolute Gasteiger partial charge is 0.392 e. The number of benzene rings is 1. The van der Waals surface area contributed by atoms with Gasteiger partial charge in [0, 0.05) is 36.8 Å². The second kappa shape index (κ2) is 7.85. The summed E-state index contributed by atoms with van der Waals surface area (Å²) in [6, 6.07) is 3.17. The van der Waals surface area contributed by atoms with Gasteiger partial charge in [-0.3, -0.25) is 0 Å². The first-order valence-corrected chi connectivity index (χ1v) is 12.1. The summed E-state index contributed by atoms with van der Waals surface area (Å²) in [4.78, 5) is 16.2. The van der Waals surface area contributed by atoms with Crippen molar-refractivity contribution in [1.29, 1.82) is 0 Å². The SMILES string of the molecule is Cc1nc(N2CCn3c(nc4cc(CO)c(S(C)(=O)=O)cc43)[C@H]2C(C)C)ncc1CO. The molecule has 2 N–H and O–H groups in total. The standard InChI is InChI=1S/C21H27N5O4S/c1-12(2)19-20-24-16-7-14(10-27)18(31(4,29)30)8-17(16)25(20)5-6-26(19)21-22-9-15(11-28)13(3)23-21/h7-9,12,19,27-28H,5-6,10-11H2,1-4H3/t19-/m1/s1. The van der Waals surface area contributed by atoms with Gasteiger partial charge in [0.05, 0.1) is 35.2 Å². The molecule has 0 amide bonds. The molecule has 3 heterocycles. The molecule has 0 fully saturated rings. The number of anilines is 1. The molecule has 0 saturated carbocycles.